The van der Waals surface area contributed by atoms with Gasteiger partial charge < -0.3 is 13.6 Å². The average molecular weight is 481 g/mol. The normalized spacial score (nSPS) is 22.7. The predicted molar refractivity (Wildman–Crippen MR) is 133 cm³/mol. The average Bonchev–Trinajstić information content (AvgIpc) is 3.00. The van der Waals surface area contributed by atoms with Crippen molar-refractivity contribution in [2.75, 3.05) is 6.61 Å². The first-order valence-electron chi connectivity index (χ1n) is 11.2. The van der Waals surface area contributed by atoms with Gasteiger partial charge >= 0.3 is 5.69 Å². The van der Waals surface area contributed by atoms with Gasteiger partial charge in [0.2, 0.25) is 0 Å². The first kappa shape index (κ1) is 26.8. The molecule has 32 heavy (non-hydrogen) atoms. The van der Waals surface area contributed by atoms with E-state index in [9.17, 15) is 9.59 Å². The highest BCUT2D eigenvalue weighted by Crippen LogP contribution is 2.42. The van der Waals surface area contributed by atoms with Crippen LogP contribution in [0.3, 0.4) is 0 Å². The molecule has 0 amide bonds. The number of aromatic amines is 1. The second-order valence-corrected chi connectivity index (χ2v) is 21.3. The van der Waals surface area contributed by atoms with Crippen molar-refractivity contribution in [1.29, 1.82) is 0 Å². The monoisotopic (exact) mass is 480 g/mol. The van der Waals surface area contributed by atoms with Crippen LogP contribution in [0.15, 0.2) is 15.8 Å². The smallest absolute Gasteiger partial charge is 0.330 e. The quantitative estimate of drug-likeness (QED) is 0.487. The molecule has 180 valence electrons. The second kappa shape index (κ2) is 9.07. The summed E-state index contributed by atoms with van der Waals surface area (Å²) in [6, 6.07) is 0. The fourth-order valence-corrected chi connectivity index (χ4v) is 5.38. The lowest BCUT2D eigenvalue weighted by Crippen LogP contribution is -2.48. The molecule has 1 saturated heterocycles. The van der Waals surface area contributed by atoms with Gasteiger partial charge in [0, 0.05) is 12.6 Å². The van der Waals surface area contributed by atoms with Crippen molar-refractivity contribution in [3.05, 3.63) is 32.6 Å². The number of hydrogen-bond donors (Lipinski definition) is 1. The third kappa shape index (κ3) is 5.72. The highest BCUT2D eigenvalue weighted by molar-refractivity contribution is 6.74. The van der Waals surface area contributed by atoms with E-state index < -0.39 is 34.1 Å². The van der Waals surface area contributed by atoms with Gasteiger partial charge in [-0.05, 0) is 36.3 Å². The third-order valence-electron chi connectivity index (χ3n) is 7.28. The molecule has 1 aliphatic heterocycles. The zero-order valence-electron chi connectivity index (χ0n) is 21.3. The number of nitrogens with one attached hydrogen (secondary N) is 1. The third-order valence-corrected chi connectivity index (χ3v) is 16.3. The minimum Gasteiger partial charge on any atom is -0.414 e. The van der Waals surface area contributed by atoms with Crippen molar-refractivity contribution < 1.29 is 13.6 Å². The summed E-state index contributed by atoms with van der Waals surface area (Å²) < 4.78 is 20.9. The van der Waals surface area contributed by atoms with Crippen LogP contribution in [-0.4, -0.2) is 45.0 Å². The highest BCUT2D eigenvalue weighted by atomic mass is 28.4. The first-order chi connectivity index (χ1) is 14.4. The molecule has 1 N–H and O–H groups in total. The summed E-state index contributed by atoms with van der Waals surface area (Å²) in [5, 5.41) is 0.0970. The van der Waals surface area contributed by atoms with Gasteiger partial charge in [-0.1, -0.05) is 47.5 Å². The number of ether oxygens (including phenoxy) is 1. The Morgan fingerprint density at radius 1 is 1.12 bits per heavy atom. The molecule has 0 radical (unpaired) electrons. The number of terminal acetylenes is 1. The summed E-state index contributed by atoms with van der Waals surface area (Å²) in [5.41, 5.74) is -1.02. The van der Waals surface area contributed by atoms with E-state index in [1.54, 1.807) is 0 Å². The van der Waals surface area contributed by atoms with Gasteiger partial charge in [-0.25, -0.2) is 4.79 Å². The van der Waals surface area contributed by atoms with E-state index in [4.69, 9.17) is 20.0 Å². The fraction of sp³-hybridized carbons (Fsp3) is 0.739. The molecular weight excluding hydrogens is 440 g/mol. The summed E-state index contributed by atoms with van der Waals surface area (Å²) in [6.45, 7) is 22.4. The Balaban J connectivity index is 2.36. The Bertz CT molecular complexity index is 976. The van der Waals surface area contributed by atoms with Gasteiger partial charge in [-0.15, -0.1) is 6.42 Å². The molecule has 3 atom stereocenters. The molecular formula is C23H40N2O5Si2. The van der Waals surface area contributed by atoms with E-state index in [-0.39, 0.29) is 27.8 Å². The van der Waals surface area contributed by atoms with Crippen LogP contribution in [0.2, 0.25) is 36.3 Å². The maximum absolute atomic E-state index is 12.5. The first-order valence-corrected chi connectivity index (χ1v) is 17.0. The Morgan fingerprint density at radius 3 is 2.19 bits per heavy atom. The van der Waals surface area contributed by atoms with Crippen LogP contribution in [0.4, 0.5) is 0 Å². The molecule has 0 unspecified atom stereocenters. The number of aromatic nitrogens is 2. The van der Waals surface area contributed by atoms with Crippen molar-refractivity contribution in [3.63, 3.8) is 0 Å². The molecule has 0 aromatic carbocycles. The van der Waals surface area contributed by atoms with Crippen molar-refractivity contribution >= 4 is 16.6 Å². The SMILES string of the molecule is C#Cc1cn([C@H]2C[C@H](O[Si](C)(C)C(C)(C)C)[C@@H](CO[Si](C)(C)C(C)(C)C)O2)c(=O)[nH]c1=O. The molecule has 1 aliphatic rings. The summed E-state index contributed by atoms with van der Waals surface area (Å²) in [4.78, 5) is 26.7. The van der Waals surface area contributed by atoms with Crippen molar-refractivity contribution in [2.45, 2.75) is 103 Å². The number of hydrogen-bond acceptors (Lipinski definition) is 5. The van der Waals surface area contributed by atoms with Gasteiger partial charge in [0.15, 0.2) is 16.6 Å². The van der Waals surface area contributed by atoms with Gasteiger partial charge in [0.05, 0.1) is 12.7 Å². The van der Waals surface area contributed by atoms with Crippen molar-refractivity contribution in [3.8, 4) is 12.3 Å². The minimum atomic E-state index is -2.10. The van der Waals surface area contributed by atoms with Gasteiger partial charge in [0.1, 0.15) is 17.9 Å². The molecule has 7 nitrogen and oxygen atoms in total. The van der Waals surface area contributed by atoms with Crippen LogP contribution in [0.25, 0.3) is 0 Å². The molecule has 1 aromatic rings. The topological polar surface area (TPSA) is 82.6 Å². The summed E-state index contributed by atoms with van der Waals surface area (Å²) in [7, 11) is -4.09. The standard InChI is InChI=1S/C23H40N2O5Si2/c1-12-16-14-25(21(27)24-20(16)26)19-13-17(30-32(10,11)23(5,6)7)18(29-19)15-28-31(8,9)22(2,3)4/h1,14,17-19H,13,15H2,2-11H3,(H,24,26,27)/t17-,18+,19+/m0/s1. The second-order valence-electron chi connectivity index (χ2n) is 11.7. The van der Waals surface area contributed by atoms with Crippen LogP contribution in [0, 0.1) is 12.3 Å². The lowest BCUT2D eigenvalue weighted by Gasteiger charge is -2.40. The maximum Gasteiger partial charge on any atom is 0.330 e. The molecule has 2 heterocycles. The summed E-state index contributed by atoms with van der Waals surface area (Å²) in [6.07, 6.45) is 6.17. The zero-order chi connectivity index (χ0) is 24.7. The number of rotatable bonds is 6. The van der Waals surface area contributed by atoms with E-state index in [1.165, 1.54) is 10.8 Å². The van der Waals surface area contributed by atoms with Crippen molar-refractivity contribution in [2.24, 2.45) is 0 Å². The van der Waals surface area contributed by atoms with Crippen LogP contribution in [-0.2, 0) is 13.6 Å². The van der Waals surface area contributed by atoms with Crippen LogP contribution < -0.4 is 11.2 Å². The maximum atomic E-state index is 12.5. The Labute approximate surface area is 194 Å². The largest absolute Gasteiger partial charge is 0.414 e. The molecule has 0 spiro atoms. The molecule has 1 fully saturated rings. The van der Waals surface area contributed by atoms with E-state index >= 15 is 0 Å². The zero-order valence-corrected chi connectivity index (χ0v) is 23.3. The fourth-order valence-electron chi connectivity index (χ4n) is 3.01. The number of H-pyrrole nitrogens is 1. The Morgan fingerprint density at radius 2 is 1.69 bits per heavy atom. The Kier molecular flexibility index (Phi) is 7.59. The molecule has 1 aromatic heterocycles. The van der Waals surface area contributed by atoms with Gasteiger partial charge in [-0.2, -0.15) is 0 Å². The van der Waals surface area contributed by atoms with Crippen LogP contribution >= 0.6 is 0 Å². The minimum absolute atomic E-state index is 0.0292. The molecule has 0 bridgehead atoms. The van der Waals surface area contributed by atoms with Crippen molar-refractivity contribution in [1.82, 2.24) is 9.55 Å². The van der Waals surface area contributed by atoms with Gasteiger partial charge in [0.25, 0.3) is 5.56 Å². The van der Waals surface area contributed by atoms with Crippen LogP contribution in [0.1, 0.15) is 59.8 Å². The van der Waals surface area contributed by atoms with Crippen LogP contribution in [0.5, 0.6) is 0 Å². The van der Waals surface area contributed by atoms with E-state index in [2.05, 4.69) is 78.6 Å². The summed E-state index contributed by atoms with van der Waals surface area (Å²) in [5.74, 6) is 2.33. The number of nitrogens with zero attached hydrogens (tertiary/aromatic N) is 1. The van der Waals surface area contributed by atoms with E-state index in [1.807, 2.05) is 0 Å². The van der Waals surface area contributed by atoms with E-state index in [0.717, 1.165) is 0 Å². The molecule has 9 heteroatoms. The molecule has 0 aliphatic carbocycles. The summed E-state index contributed by atoms with van der Waals surface area (Å²) >= 11 is 0. The van der Waals surface area contributed by atoms with Gasteiger partial charge in [-0.3, -0.25) is 14.3 Å². The predicted octanol–water partition coefficient (Wildman–Crippen LogP) is 4.22. The molecule has 0 saturated carbocycles. The molecule has 2 rings (SSSR count). The Hall–Kier alpha value is -1.45. The lowest BCUT2D eigenvalue weighted by atomic mass is 10.2. The highest BCUT2D eigenvalue weighted by Gasteiger charge is 2.46. The lowest BCUT2D eigenvalue weighted by molar-refractivity contribution is -0.0412. The van der Waals surface area contributed by atoms with E-state index in [0.29, 0.717) is 13.0 Å².